The minimum Gasteiger partial charge on any atom is -0.372 e. The Morgan fingerprint density at radius 3 is 2.73 bits per heavy atom. The van der Waals surface area contributed by atoms with Crippen LogP contribution >= 0.6 is 0 Å². The first-order valence-electron chi connectivity index (χ1n) is 7.33. The van der Waals surface area contributed by atoms with Crippen molar-refractivity contribution in [1.82, 2.24) is 0 Å². The van der Waals surface area contributed by atoms with Crippen molar-refractivity contribution in [2.45, 2.75) is 19.4 Å². The maximum atomic E-state index is 13.4. The quantitative estimate of drug-likeness (QED) is 0.869. The van der Waals surface area contributed by atoms with E-state index in [1.54, 1.807) is 17.9 Å². The van der Waals surface area contributed by atoms with Crippen LogP contribution in [0.25, 0.3) is 11.1 Å². The number of carbonyl (C=O) groups is 1. The predicted molar refractivity (Wildman–Crippen MR) is 84.4 cm³/mol. The Kier molecular flexibility index (Phi) is 3.94. The first kappa shape index (κ1) is 14.7. The van der Waals surface area contributed by atoms with Gasteiger partial charge in [0.05, 0.1) is 0 Å². The summed E-state index contributed by atoms with van der Waals surface area (Å²) in [7, 11) is 1.53. The Labute approximate surface area is 129 Å². The highest BCUT2D eigenvalue weighted by molar-refractivity contribution is 5.98. The molecule has 114 valence electrons. The minimum atomic E-state index is -0.450. The van der Waals surface area contributed by atoms with Crippen LogP contribution < -0.4 is 4.90 Å². The van der Waals surface area contributed by atoms with Gasteiger partial charge >= 0.3 is 0 Å². The topological polar surface area (TPSA) is 29.5 Å². The summed E-state index contributed by atoms with van der Waals surface area (Å²) in [5, 5.41) is 0. The zero-order chi connectivity index (χ0) is 15.7. The molecule has 2 aromatic carbocycles. The summed E-state index contributed by atoms with van der Waals surface area (Å²) in [6.45, 7) is 2.41. The van der Waals surface area contributed by atoms with E-state index in [0.29, 0.717) is 6.54 Å². The van der Waals surface area contributed by atoms with Crippen LogP contribution in [-0.4, -0.2) is 25.7 Å². The summed E-state index contributed by atoms with van der Waals surface area (Å²) in [5.74, 6) is -0.275. The number of fused-ring (bicyclic) bond motifs is 1. The fourth-order valence-electron chi connectivity index (χ4n) is 2.80. The molecule has 0 aromatic heterocycles. The molecule has 1 aliphatic heterocycles. The lowest BCUT2D eigenvalue weighted by atomic mass is 10.0. The van der Waals surface area contributed by atoms with Gasteiger partial charge < -0.3 is 9.64 Å². The SMILES string of the molecule is COC(C)C(=O)N1CCc2cc(-c3cccc(F)c3)ccc21. The van der Waals surface area contributed by atoms with Crippen molar-refractivity contribution in [1.29, 1.82) is 0 Å². The fourth-order valence-corrected chi connectivity index (χ4v) is 2.80. The average molecular weight is 299 g/mol. The molecule has 0 aliphatic carbocycles. The van der Waals surface area contributed by atoms with E-state index in [4.69, 9.17) is 4.74 Å². The lowest BCUT2D eigenvalue weighted by molar-refractivity contribution is -0.127. The third-order valence-corrected chi connectivity index (χ3v) is 4.10. The first-order chi connectivity index (χ1) is 10.6. The number of benzene rings is 2. The van der Waals surface area contributed by atoms with Gasteiger partial charge in [-0.1, -0.05) is 18.2 Å². The Morgan fingerprint density at radius 1 is 1.23 bits per heavy atom. The van der Waals surface area contributed by atoms with Crippen molar-refractivity contribution in [2.24, 2.45) is 0 Å². The smallest absolute Gasteiger partial charge is 0.255 e. The molecule has 3 rings (SSSR count). The number of hydrogen-bond donors (Lipinski definition) is 0. The molecule has 2 aromatic rings. The van der Waals surface area contributed by atoms with Crippen LogP contribution in [0.15, 0.2) is 42.5 Å². The summed E-state index contributed by atoms with van der Waals surface area (Å²) in [4.78, 5) is 14.1. The third-order valence-electron chi connectivity index (χ3n) is 4.10. The van der Waals surface area contributed by atoms with Gasteiger partial charge in [0.15, 0.2) is 0 Å². The molecule has 1 heterocycles. The molecule has 1 amide bonds. The van der Waals surface area contributed by atoms with Gasteiger partial charge in [-0.2, -0.15) is 0 Å². The zero-order valence-corrected chi connectivity index (χ0v) is 12.7. The zero-order valence-electron chi connectivity index (χ0n) is 12.7. The van der Waals surface area contributed by atoms with Crippen LogP contribution in [0, 0.1) is 5.82 Å². The summed E-state index contributed by atoms with van der Waals surface area (Å²) in [6.07, 6.45) is 0.356. The van der Waals surface area contributed by atoms with E-state index in [2.05, 4.69) is 0 Å². The van der Waals surface area contributed by atoms with Crippen molar-refractivity contribution in [3.05, 3.63) is 53.8 Å². The molecular weight excluding hydrogens is 281 g/mol. The van der Waals surface area contributed by atoms with Gasteiger partial charge in [0, 0.05) is 19.3 Å². The van der Waals surface area contributed by atoms with Gasteiger partial charge in [-0.05, 0) is 54.3 Å². The Hall–Kier alpha value is -2.20. The highest BCUT2D eigenvalue weighted by Crippen LogP contribution is 2.33. The van der Waals surface area contributed by atoms with Gasteiger partial charge in [0.1, 0.15) is 11.9 Å². The number of anilines is 1. The van der Waals surface area contributed by atoms with E-state index in [9.17, 15) is 9.18 Å². The number of hydrogen-bond acceptors (Lipinski definition) is 2. The molecule has 0 spiro atoms. The lowest BCUT2D eigenvalue weighted by Crippen LogP contribution is -2.37. The number of ether oxygens (including phenoxy) is 1. The average Bonchev–Trinajstić information content (AvgIpc) is 2.96. The maximum absolute atomic E-state index is 13.4. The monoisotopic (exact) mass is 299 g/mol. The lowest BCUT2D eigenvalue weighted by Gasteiger charge is -2.21. The van der Waals surface area contributed by atoms with E-state index in [1.165, 1.54) is 19.2 Å². The van der Waals surface area contributed by atoms with Gasteiger partial charge in [-0.15, -0.1) is 0 Å². The van der Waals surface area contributed by atoms with Crippen LogP contribution in [0.1, 0.15) is 12.5 Å². The van der Waals surface area contributed by atoms with Gasteiger partial charge in [-0.3, -0.25) is 4.79 Å². The van der Waals surface area contributed by atoms with Crippen LogP contribution in [0.2, 0.25) is 0 Å². The number of amides is 1. The van der Waals surface area contributed by atoms with E-state index in [1.807, 2.05) is 24.3 Å². The van der Waals surface area contributed by atoms with Crippen LogP contribution in [0.4, 0.5) is 10.1 Å². The van der Waals surface area contributed by atoms with Gasteiger partial charge in [0.2, 0.25) is 0 Å². The van der Waals surface area contributed by atoms with Crippen molar-refractivity contribution >= 4 is 11.6 Å². The third kappa shape index (κ3) is 2.62. The Bertz CT molecular complexity index is 714. The standard InChI is InChI=1S/C18H18FNO2/c1-12(22-2)18(21)20-9-8-15-10-14(6-7-17(15)20)13-4-3-5-16(19)11-13/h3-7,10-12H,8-9H2,1-2H3. The molecule has 4 heteroatoms. The summed E-state index contributed by atoms with van der Waals surface area (Å²) in [6, 6.07) is 12.4. The van der Waals surface area contributed by atoms with E-state index in [-0.39, 0.29) is 11.7 Å². The molecule has 0 saturated heterocycles. The number of rotatable bonds is 3. The molecule has 0 fully saturated rings. The Morgan fingerprint density at radius 2 is 2.00 bits per heavy atom. The summed E-state index contributed by atoms with van der Waals surface area (Å²) in [5.41, 5.74) is 3.85. The largest absolute Gasteiger partial charge is 0.372 e. The number of carbonyl (C=O) groups excluding carboxylic acids is 1. The number of halogens is 1. The molecule has 0 radical (unpaired) electrons. The van der Waals surface area contributed by atoms with Crippen LogP contribution in [0.5, 0.6) is 0 Å². The molecule has 1 aliphatic rings. The molecule has 1 unspecified atom stereocenters. The van der Waals surface area contributed by atoms with E-state index >= 15 is 0 Å². The fraction of sp³-hybridized carbons (Fsp3) is 0.278. The molecule has 0 bridgehead atoms. The van der Waals surface area contributed by atoms with Crippen LogP contribution in [0.3, 0.4) is 0 Å². The van der Waals surface area contributed by atoms with Crippen molar-refractivity contribution in [2.75, 3.05) is 18.6 Å². The molecule has 1 atom stereocenters. The molecule has 0 saturated carbocycles. The molecule has 22 heavy (non-hydrogen) atoms. The second-order valence-corrected chi connectivity index (χ2v) is 5.47. The van der Waals surface area contributed by atoms with Crippen molar-refractivity contribution < 1.29 is 13.9 Å². The minimum absolute atomic E-state index is 0.0280. The van der Waals surface area contributed by atoms with Crippen LogP contribution in [-0.2, 0) is 16.0 Å². The second kappa shape index (κ2) is 5.89. The molecule has 3 nitrogen and oxygen atoms in total. The highest BCUT2D eigenvalue weighted by atomic mass is 19.1. The second-order valence-electron chi connectivity index (χ2n) is 5.47. The maximum Gasteiger partial charge on any atom is 0.255 e. The number of methoxy groups -OCH3 is 1. The van der Waals surface area contributed by atoms with E-state index < -0.39 is 6.10 Å². The molecular formula is C18H18FNO2. The van der Waals surface area contributed by atoms with Crippen molar-refractivity contribution in [3.8, 4) is 11.1 Å². The normalized spacial score (nSPS) is 14.8. The van der Waals surface area contributed by atoms with Gasteiger partial charge in [0.25, 0.3) is 5.91 Å². The summed E-state index contributed by atoms with van der Waals surface area (Å²) < 4.78 is 18.5. The van der Waals surface area contributed by atoms with Gasteiger partial charge in [-0.25, -0.2) is 4.39 Å². The predicted octanol–water partition coefficient (Wildman–Crippen LogP) is 3.42. The molecule has 0 N–H and O–H groups in total. The van der Waals surface area contributed by atoms with Crippen molar-refractivity contribution in [3.63, 3.8) is 0 Å². The van der Waals surface area contributed by atoms with E-state index in [0.717, 1.165) is 28.8 Å². The Balaban J connectivity index is 1.92. The number of nitrogens with zero attached hydrogens (tertiary/aromatic N) is 1. The first-order valence-corrected chi connectivity index (χ1v) is 7.33. The highest BCUT2D eigenvalue weighted by Gasteiger charge is 2.28. The summed E-state index contributed by atoms with van der Waals surface area (Å²) >= 11 is 0.